The molecular weight excluding hydrogens is 308 g/mol. The highest BCUT2D eigenvalue weighted by Gasteiger charge is 2.16. The lowest BCUT2D eigenvalue weighted by atomic mass is 10.1. The van der Waals surface area contributed by atoms with Gasteiger partial charge in [-0.05, 0) is 36.8 Å². The van der Waals surface area contributed by atoms with Crippen molar-refractivity contribution in [3.8, 4) is 0 Å². The predicted molar refractivity (Wildman–Crippen MR) is 90.5 cm³/mol. The van der Waals surface area contributed by atoms with Gasteiger partial charge in [0.05, 0.1) is 5.56 Å². The molecule has 2 aromatic rings. The fraction of sp³-hybridized carbons (Fsp3) is 0.278. The topological polar surface area (TPSA) is 84.5 Å². The van der Waals surface area contributed by atoms with Gasteiger partial charge in [0.2, 0.25) is 5.91 Å². The van der Waals surface area contributed by atoms with Gasteiger partial charge in [0.15, 0.2) is 6.61 Å². The highest BCUT2D eigenvalue weighted by molar-refractivity contribution is 5.96. The van der Waals surface area contributed by atoms with Gasteiger partial charge in [0, 0.05) is 6.54 Å². The van der Waals surface area contributed by atoms with Gasteiger partial charge in [0.25, 0.3) is 5.91 Å². The number of carbonyl (C=O) groups is 3. The summed E-state index contributed by atoms with van der Waals surface area (Å²) in [7, 11) is 0. The van der Waals surface area contributed by atoms with E-state index in [1.807, 2.05) is 30.3 Å². The van der Waals surface area contributed by atoms with Gasteiger partial charge >= 0.3 is 5.97 Å². The molecule has 0 aromatic heterocycles. The van der Waals surface area contributed by atoms with E-state index < -0.39 is 24.5 Å². The molecule has 0 fully saturated rings. The first-order valence-electron chi connectivity index (χ1n) is 7.74. The number of hydrogen-bond donors (Lipinski definition) is 2. The van der Waals surface area contributed by atoms with Crippen LogP contribution in [0.4, 0.5) is 0 Å². The summed E-state index contributed by atoms with van der Waals surface area (Å²) in [4.78, 5) is 35.3. The number of nitrogens with one attached hydrogen (secondary N) is 2. The van der Waals surface area contributed by atoms with Gasteiger partial charge in [-0.1, -0.05) is 30.3 Å². The zero-order chi connectivity index (χ0) is 17.5. The Labute approximate surface area is 140 Å². The average Bonchev–Trinajstić information content (AvgIpc) is 2.59. The van der Waals surface area contributed by atoms with Crippen molar-refractivity contribution in [2.75, 3.05) is 13.2 Å². The Bertz CT molecular complexity index is 758. The third-order valence-corrected chi connectivity index (χ3v) is 3.44. The van der Waals surface area contributed by atoms with Crippen molar-refractivity contribution in [1.29, 1.82) is 0 Å². The van der Waals surface area contributed by atoms with Crippen LogP contribution in [0, 0.1) is 0 Å². The fourth-order valence-electron chi connectivity index (χ4n) is 2.21. The molecule has 0 saturated heterocycles. The Balaban J connectivity index is 1.89. The van der Waals surface area contributed by atoms with Gasteiger partial charge in [-0.25, -0.2) is 4.79 Å². The van der Waals surface area contributed by atoms with Crippen molar-refractivity contribution < 1.29 is 19.1 Å². The molecule has 6 nitrogen and oxygen atoms in total. The molecule has 6 heteroatoms. The van der Waals surface area contributed by atoms with Crippen LogP contribution in [-0.4, -0.2) is 37.0 Å². The number of likely N-dealkylation sites (N-methyl/N-ethyl adjacent to an activating group) is 1. The van der Waals surface area contributed by atoms with Crippen LogP contribution in [0.2, 0.25) is 0 Å². The number of carbonyl (C=O) groups excluding carboxylic acids is 3. The maximum Gasteiger partial charge on any atom is 0.338 e. The summed E-state index contributed by atoms with van der Waals surface area (Å²) >= 11 is 0. The van der Waals surface area contributed by atoms with Gasteiger partial charge in [-0.15, -0.1) is 0 Å². The van der Waals surface area contributed by atoms with Crippen molar-refractivity contribution in [3.05, 3.63) is 48.0 Å². The average molecular weight is 328 g/mol. The van der Waals surface area contributed by atoms with E-state index in [0.717, 1.165) is 10.8 Å². The van der Waals surface area contributed by atoms with E-state index in [2.05, 4.69) is 10.6 Å². The normalized spacial score (nSPS) is 11.6. The second-order valence-corrected chi connectivity index (χ2v) is 5.32. The molecule has 24 heavy (non-hydrogen) atoms. The monoisotopic (exact) mass is 328 g/mol. The third-order valence-electron chi connectivity index (χ3n) is 3.44. The molecule has 2 aromatic carbocycles. The first-order valence-corrected chi connectivity index (χ1v) is 7.74. The van der Waals surface area contributed by atoms with E-state index in [0.29, 0.717) is 12.1 Å². The summed E-state index contributed by atoms with van der Waals surface area (Å²) in [5, 5.41) is 7.00. The minimum Gasteiger partial charge on any atom is -0.452 e. The number of fused-ring (bicyclic) bond motifs is 1. The standard InChI is InChI=1S/C18H20N2O4/c1-3-19-17(22)12(2)20-16(21)11-24-18(23)15-9-8-13-6-4-5-7-14(13)10-15/h4-10,12H,3,11H2,1-2H3,(H,19,22)(H,20,21)/t12-/m0/s1. The zero-order valence-electron chi connectivity index (χ0n) is 13.7. The first-order chi connectivity index (χ1) is 11.5. The van der Waals surface area contributed by atoms with E-state index in [1.54, 1.807) is 26.0 Å². The molecule has 0 aliphatic heterocycles. The summed E-state index contributed by atoms with van der Waals surface area (Å²) in [6.45, 7) is 3.40. The molecule has 1 atom stereocenters. The molecule has 0 saturated carbocycles. The number of esters is 1. The minimum absolute atomic E-state index is 0.285. The van der Waals surface area contributed by atoms with Crippen molar-refractivity contribution in [3.63, 3.8) is 0 Å². The molecule has 2 amide bonds. The van der Waals surface area contributed by atoms with E-state index in [4.69, 9.17) is 4.74 Å². The third kappa shape index (κ3) is 4.55. The van der Waals surface area contributed by atoms with Crippen LogP contribution in [0.5, 0.6) is 0 Å². The highest BCUT2D eigenvalue weighted by Crippen LogP contribution is 2.16. The molecule has 0 aliphatic carbocycles. The van der Waals surface area contributed by atoms with Crippen LogP contribution in [-0.2, 0) is 14.3 Å². The summed E-state index contributed by atoms with van der Waals surface area (Å²) < 4.78 is 5.00. The van der Waals surface area contributed by atoms with Gasteiger partial charge in [-0.3, -0.25) is 9.59 Å². The number of amides is 2. The maximum absolute atomic E-state index is 12.0. The lowest BCUT2D eigenvalue weighted by Crippen LogP contribution is -2.46. The van der Waals surface area contributed by atoms with Crippen LogP contribution in [0.1, 0.15) is 24.2 Å². The molecular formula is C18H20N2O4. The van der Waals surface area contributed by atoms with Crippen molar-refractivity contribution in [1.82, 2.24) is 10.6 Å². The second kappa shape index (κ2) is 8.10. The Morgan fingerprint density at radius 3 is 2.50 bits per heavy atom. The Kier molecular flexibility index (Phi) is 5.89. The van der Waals surface area contributed by atoms with E-state index >= 15 is 0 Å². The smallest absolute Gasteiger partial charge is 0.338 e. The number of ether oxygens (including phenoxy) is 1. The largest absolute Gasteiger partial charge is 0.452 e. The van der Waals surface area contributed by atoms with Crippen molar-refractivity contribution in [2.45, 2.75) is 19.9 Å². The molecule has 126 valence electrons. The zero-order valence-corrected chi connectivity index (χ0v) is 13.7. The van der Waals surface area contributed by atoms with E-state index in [-0.39, 0.29) is 5.91 Å². The quantitative estimate of drug-likeness (QED) is 0.790. The Morgan fingerprint density at radius 1 is 1.08 bits per heavy atom. The molecule has 2 N–H and O–H groups in total. The number of rotatable bonds is 6. The van der Waals surface area contributed by atoms with Crippen LogP contribution in [0.15, 0.2) is 42.5 Å². The summed E-state index contributed by atoms with van der Waals surface area (Å²) in [5.41, 5.74) is 0.373. The highest BCUT2D eigenvalue weighted by atomic mass is 16.5. The van der Waals surface area contributed by atoms with Gasteiger partial charge < -0.3 is 15.4 Å². The predicted octanol–water partition coefficient (Wildman–Crippen LogP) is 1.64. The van der Waals surface area contributed by atoms with Crippen LogP contribution in [0.25, 0.3) is 10.8 Å². The van der Waals surface area contributed by atoms with E-state index in [1.165, 1.54) is 0 Å². The SMILES string of the molecule is CCNC(=O)[C@H](C)NC(=O)COC(=O)c1ccc2ccccc2c1. The van der Waals surface area contributed by atoms with Crippen molar-refractivity contribution in [2.24, 2.45) is 0 Å². The van der Waals surface area contributed by atoms with Crippen LogP contribution in [0.3, 0.4) is 0 Å². The lowest BCUT2D eigenvalue weighted by Gasteiger charge is -2.13. The van der Waals surface area contributed by atoms with Crippen LogP contribution < -0.4 is 10.6 Å². The molecule has 0 aliphatic rings. The van der Waals surface area contributed by atoms with Crippen LogP contribution >= 0.6 is 0 Å². The molecule has 0 bridgehead atoms. The Hall–Kier alpha value is -2.89. The minimum atomic E-state index is -0.683. The maximum atomic E-state index is 12.0. The van der Waals surface area contributed by atoms with Crippen molar-refractivity contribution >= 4 is 28.6 Å². The second-order valence-electron chi connectivity index (χ2n) is 5.32. The summed E-state index contributed by atoms with van der Waals surface area (Å²) in [6.07, 6.45) is 0. The molecule has 0 unspecified atom stereocenters. The van der Waals surface area contributed by atoms with Gasteiger partial charge in [0.1, 0.15) is 6.04 Å². The van der Waals surface area contributed by atoms with E-state index in [9.17, 15) is 14.4 Å². The van der Waals surface area contributed by atoms with Gasteiger partial charge in [-0.2, -0.15) is 0 Å². The number of hydrogen-bond acceptors (Lipinski definition) is 4. The molecule has 0 radical (unpaired) electrons. The molecule has 0 spiro atoms. The first kappa shape index (κ1) is 17.5. The molecule has 0 heterocycles. The lowest BCUT2D eigenvalue weighted by molar-refractivity contribution is -0.130. The molecule has 2 rings (SSSR count). The summed E-state index contributed by atoms with van der Waals surface area (Å²) in [5.74, 6) is -1.39. The summed E-state index contributed by atoms with van der Waals surface area (Å²) in [6, 6.07) is 12.1. The number of benzene rings is 2. The fourth-order valence-corrected chi connectivity index (χ4v) is 2.21. The Morgan fingerprint density at radius 2 is 1.79 bits per heavy atom.